The second kappa shape index (κ2) is 11.2. The van der Waals surface area contributed by atoms with Crippen LogP contribution in [0.3, 0.4) is 0 Å². The smallest absolute Gasteiger partial charge is 0.143 e. The first-order chi connectivity index (χ1) is 24.3. The van der Waals surface area contributed by atoms with Crippen molar-refractivity contribution in [3.8, 4) is 22.3 Å². The van der Waals surface area contributed by atoms with Crippen molar-refractivity contribution in [1.82, 2.24) is 0 Å². The number of furan rings is 1. The zero-order valence-corrected chi connectivity index (χ0v) is 27.3. The van der Waals surface area contributed by atoms with Crippen LogP contribution in [0.25, 0.3) is 75.1 Å². The van der Waals surface area contributed by atoms with Crippen molar-refractivity contribution in [2.24, 2.45) is 0 Å². The third-order valence-electron chi connectivity index (χ3n) is 9.63. The Morgan fingerprint density at radius 1 is 0.408 bits per heavy atom. The highest BCUT2D eigenvalue weighted by atomic mass is 32.1. The molecule has 2 nitrogen and oxygen atoms in total. The van der Waals surface area contributed by atoms with E-state index in [1.807, 2.05) is 11.3 Å². The topological polar surface area (TPSA) is 16.4 Å². The summed E-state index contributed by atoms with van der Waals surface area (Å²) in [5.41, 5.74) is 9.85. The van der Waals surface area contributed by atoms with Crippen molar-refractivity contribution >= 4 is 81.3 Å². The number of nitrogens with zero attached hydrogens (tertiary/aromatic N) is 1. The molecule has 0 aliphatic carbocycles. The first-order valence-electron chi connectivity index (χ1n) is 16.6. The molecule has 3 heteroatoms. The minimum atomic E-state index is 0.900. The molecular formula is C46H29NOS. The molecule has 0 saturated carbocycles. The van der Waals surface area contributed by atoms with Crippen LogP contribution in [0.1, 0.15) is 0 Å². The highest BCUT2D eigenvalue weighted by Gasteiger charge is 2.19. The second-order valence-electron chi connectivity index (χ2n) is 12.5. The minimum absolute atomic E-state index is 0.900. The van der Waals surface area contributed by atoms with E-state index in [1.165, 1.54) is 36.7 Å². The van der Waals surface area contributed by atoms with Gasteiger partial charge in [-0.15, -0.1) is 11.3 Å². The number of thiophene rings is 1. The molecule has 0 N–H and O–H groups in total. The van der Waals surface area contributed by atoms with Gasteiger partial charge in [-0.2, -0.15) is 0 Å². The number of hydrogen-bond acceptors (Lipinski definition) is 3. The van der Waals surface area contributed by atoms with Crippen molar-refractivity contribution < 1.29 is 4.42 Å². The molecule has 10 aromatic rings. The Bertz CT molecular complexity index is 2840. The Balaban J connectivity index is 1.17. The number of rotatable bonds is 5. The maximum absolute atomic E-state index is 6.56. The van der Waals surface area contributed by atoms with Gasteiger partial charge in [-0.25, -0.2) is 0 Å². The van der Waals surface area contributed by atoms with Crippen LogP contribution in [-0.4, -0.2) is 0 Å². The van der Waals surface area contributed by atoms with Gasteiger partial charge in [-0.3, -0.25) is 0 Å². The summed E-state index contributed by atoms with van der Waals surface area (Å²) < 4.78 is 9.14. The van der Waals surface area contributed by atoms with Crippen molar-refractivity contribution in [3.05, 3.63) is 176 Å². The maximum atomic E-state index is 6.56. The van der Waals surface area contributed by atoms with Gasteiger partial charge in [-0.1, -0.05) is 121 Å². The molecule has 0 bridgehead atoms. The standard InChI is InChI=1S/C46H29NOS/c1-2-11-30(12-3-1)32-14-8-16-34(27-32)47(36-24-26-40-39-19-6-7-22-43(39)49-44(40)29-36)35-17-9-15-33(28-35)37-20-10-21-42-45(37)41-25-23-31-13-4-5-18-38(31)46(41)48-42/h1-29H. The average Bonchev–Trinajstić information content (AvgIpc) is 3.74. The Morgan fingerprint density at radius 3 is 1.94 bits per heavy atom. The summed E-state index contributed by atoms with van der Waals surface area (Å²) in [5.74, 6) is 0. The molecule has 0 saturated heterocycles. The van der Waals surface area contributed by atoms with Crippen LogP contribution in [0.15, 0.2) is 180 Å². The van der Waals surface area contributed by atoms with Gasteiger partial charge in [-0.05, 0) is 82.2 Å². The highest BCUT2D eigenvalue weighted by Crippen LogP contribution is 2.44. The van der Waals surface area contributed by atoms with E-state index in [0.29, 0.717) is 0 Å². The first kappa shape index (κ1) is 27.9. The number of benzene rings is 8. The van der Waals surface area contributed by atoms with E-state index in [1.54, 1.807) is 0 Å². The average molecular weight is 644 g/mol. The molecule has 230 valence electrons. The van der Waals surface area contributed by atoms with Crippen LogP contribution in [0.4, 0.5) is 17.1 Å². The summed E-state index contributed by atoms with van der Waals surface area (Å²) in [5, 5.41) is 7.20. The van der Waals surface area contributed by atoms with Gasteiger partial charge in [0, 0.05) is 53.4 Å². The van der Waals surface area contributed by atoms with Crippen molar-refractivity contribution in [2.45, 2.75) is 0 Å². The summed E-state index contributed by atoms with van der Waals surface area (Å²) >= 11 is 1.85. The largest absolute Gasteiger partial charge is 0.455 e. The van der Waals surface area contributed by atoms with E-state index >= 15 is 0 Å². The van der Waals surface area contributed by atoms with E-state index in [4.69, 9.17) is 4.42 Å². The fourth-order valence-electron chi connectivity index (χ4n) is 7.36. The Morgan fingerprint density at radius 2 is 1.06 bits per heavy atom. The lowest BCUT2D eigenvalue weighted by molar-refractivity contribution is 0.673. The normalized spacial score (nSPS) is 11.7. The fraction of sp³-hybridized carbons (Fsp3) is 0. The molecule has 2 aromatic heterocycles. The van der Waals surface area contributed by atoms with E-state index < -0.39 is 0 Å². The van der Waals surface area contributed by atoms with Gasteiger partial charge in [0.15, 0.2) is 0 Å². The Labute approximate surface area is 287 Å². The summed E-state index contributed by atoms with van der Waals surface area (Å²) in [6.45, 7) is 0. The molecule has 0 unspecified atom stereocenters. The van der Waals surface area contributed by atoms with Crippen molar-refractivity contribution in [1.29, 1.82) is 0 Å². The highest BCUT2D eigenvalue weighted by molar-refractivity contribution is 7.25. The van der Waals surface area contributed by atoms with Crippen LogP contribution in [0.2, 0.25) is 0 Å². The van der Waals surface area contributed by atoms with Crippen LogP contribution in [0.5, 0.6) is 0 Å². The predicted octanol–water partition coefficient (Wildman–Crippen LogP) is 13.9. The fourth-order valence-corrected chi connectivity index (χ4v) is 8.50. The Kier molecular flexibility index (Phi) is 6.39. The second-order valence-corrected chi connectivity index (χ2v) is 13.6. The molecule has 0 fully saturated rings. The SMILES string of the molecule is c1ccc(-c2cccc(N(c3cccc(-c4cccc5oc6c7ccccc7ccc6c45)c3)c3ccc4c(c3)sc3ccccc34)c2)cc1. The Hall–Kier alpha value is -6.16. The van der Waals surface area contributed by atoms with Gasteiger partial charge in [0.05, 0.1) is 0 Å². The van der Waals surface area contributed by atoms with Crippen LogP contribution in [0, 0.1) is 0 Å². The van der Waals surface area contributed by atoms with E-state index in [9.17, 15) is 0 Å². The van der Waals surface area contributed by atoms with E-state index in [0.717, 1.165) is 55.5 Å². The molecule has 8 aromatic carbocycles. The van der Waals surface area contributed by atoms with Gasteiger partial charge < -0.3 is 9.32 Å². The van der Waals surface area contributed by atoms with Crippen LogP contribution >= 0.6 is 11.3 Å². The summed E-state index contributed by atoms with van der Waals surface area (Å²) in [7, 11) is 0. The lowest BCUT2D eigenvalue weighted by Gasteiger charge is -2.26. The molecule has 49 heavy (non-hydrogen) atoms. The third-order valence-corrected chi connectivity index (χ3v) is 10.8. The molecular weight excluding hydrogens is 615 g/mol. The third kappa shape index (κ3) is 4.62. The maximum Gasteiger partial charge on any atom is 0.143 e. The van der Waals surface area contributed by atoms with E-state index in [-0.39, 0.29) is 0 Å². The van der Waals surface area contributed by atoms with E-state index in [2.05, 4.69) is 181 Å². The van der Waals surface area contributed by atoms with Crippen LogP contribution < -0.4 is 4.90 Å². The lowest BCUT2D eigenvalue weighted by Crippen LogP contribution is -2.10. The zero-order chi connectivity index (χ0) is 32.3. The molecule has 0 aliphatic rings. The minimum Gasteiger partial charge on any atom is -0.455 e. The number of fused-ring (bicyclic) bond motifs is 8. The molecule has 0 radical (unpaired) electrons. The molecule has 0 atom stereocenters. The lowest BCUT2D eigenvalue weighted by atomic mass is 9.97. The summed E-state index contributed by atoms with van der Waals surface area (Å²) in [4.78, 5) is 2.39. The molecule has 0 spiro atoms. The molecule has 0 aliphatic heterocycles. The summed E-state index contributed by atoms with van der Waals surface area (Å²) in [6, 6.07) is 63.2. The van der Waals surface area contributed by atoms with Crippen LogP contribution in [-0.2, 0) is 0 Å². The molecule has 0 amide bonds. The quantitative estimate of drug-likeness (QED) is 0.186. The molecule has 2 heterocycles. The number of anilines is 3. The number of hydrogen-bond donors (Lipinski definition) is 0. The van der Waals surface area contributed by atoms with Gasteiger partial charge in [0.25, 0.3) is 0 Å². The van der Waals surface area contributed by atoms with Gasteiger partial charge in [0.2, 0.25) is 0 Å². The first-order valence-corrected chi connectivity index (χ1v) is 17.4. The molecule has 10 rings (SSSR count). The summed E-state index contributed by atoms with van der Waals surface area (Å²) in [6.07, 6.45) is 0. The van der Waals surface area contributed by atoms with Crippen molar-refractivity contribution in [3.63, 3.8) is 0 Å². The predicted molar refractivity (Wildman–Crippen MR) is 210 cm³/mol. The van der Waals surface area contributed by atoms with Crippen molar-refractivity contribution in [2.75, 3.05) is 4.90 Å². The monoisotopic (exact) mass is 643 g/mol. The van der Waals surface area contributed by atoms with Gasteiger partial charge in [0.1, 0.15) is 11.2 Å². The van der Waals surface area contributed by atoms with Gasteiger partial charge >= 0.3 is 0 Å². The zero-order valence-electron chi connectivity index (χ0n) is 26.5.